The summed E-state index contributed by atoms with van der Waals surface area (Å²) in [6, 6.07) is 19.9. The summed E-state index contributed by atoms with van der Waals surface area (Å²) < 4.78 is 18.2. The third-order valence-corrected chi connectivity index (χ3v) is 4.26. The zero-order valence-corrected chi connectivity index (χ0v) is 13.5. The van der Waals surface area contributed by atoms with Gasteiger partial charge < -0.3 is 10.1 Å². The third-order valence-electron chi connectivity index (χ3n) is 4.26. The topological polar surface area (TPSA) is 38.3 Å². The fourth-order valence-corrected chi connectivity index (χ4v) is 3.10. The van der Waals surface area contributed by atoms with Gasteiger partial charge in [-0.3, -0.25) is 4.79 Å². The van der Waals surface area contributed by atoms with Crippen molar-refractivity contribution in [2.75, 3.05) is 11.9 Å². The fourth-order valence-electron chi connectivity index (χ4n) is 3.10. The van der Waals surface area contributed by atoms with Gasteiger partial charge in [0.2, 0.25) is 0 Å². The van der Waals surface area contributed by atoms with Gasteiger partial charge in [0.1, 0.15) is 11.6 Å². The molecule has 0 aliphatic heterocycles. The van der Waals surface area contributed by atoms with Gasteiger partial charge in [-0.15, -0.1) is 0 Å². The van der Waals surface area contributed by atoms with E-state index in [2.05, 4.69) is 17.4 Å². The lowest BCUT2D eigenvalue weighted by molar-refractivity contribution is -0.118. The number of ether oxygens (including phenoxy) is 1. The van der Waals surface area contributed by atoms with E-state index < -0.39 is 0 Å². The van der Waals surface area contributed by atoms with Crippen LogP contribution in [0.5, 0.6) is 5.75 Å². The van der Waals surface area contributed by atoms with E-state index in [0.29, 0.717) is 5.75 Å². The summed E-state index contributed by atoms with van der Waals surface area (Å²) in [6.07, 6.45) is 0.876. The van der Waals surface area contributed by atoms with Gasteiger partial charge in [-0.25, -0.2) is 4.39 Å². The molecule has 0 fully saturated rings. The molecule has 3 aromatic rings. The van der Waals surface area contributed by atoms with Crippen LogP contribution in [-0.2, 0) is 11.2 Å². The van der Waals surface area contributed by atoms with E-state index in [1.165, 1.54) is 46.5 Å². The first-order valence-corrected chi connectivity index (χ1v) is 8.08. The standard InChI is InChI=1S/C21H16FNO2/c22-16-5-8-18(9-6-16)25-13-21(24)23-17-7-10-20-15(12-17)11-14-3-1-2-4-19(14)20/h1-10,12H,11,13H2,(H,23,24). The summed E-state index contributed by atoms with van der Waals surface area (Å²) in [4.78, 5) is 12.1. The predicted octanol–water partition coefficient (Wildman–Crippen LogP) is 4.41. The lowest BCUT2D eigenvalue weighted by Gasteiger charge is -2.09. The number of rotatable bonds is 4. The second kappa shape index (κ2) is 6.40. The Balaban J connectivity index is 1.41. The number of hydrogen-bond acceptors (Lipinski definition) is 2. The van der Waals surface area contributed by atoms with Gasteiger partial charge in [-0.1, -0.05) is 30.3 Å². The zero-order valence-electron chi connectivity index (χ0n) is 13.5. The van der Waals surface area contributed by atoms with E-state index in [1.807, 2.05) is 30.3 Å². The normalized spacial score (nSPS) is 11.6. The van der Waals surface area contributed by atoms with Gasteiger partial charge in [0.15, 0.2) is 6.61 Å². The Kier molecular flexibility index (Phi) is 3.94. The van der Waals surface area contributed by atoms with E-state index in [0.717, 1.165) is 12.1 Å². The van der Waals surface area contributed by atoms with Crippen molar-refractivity contribution >= 4 is 11.6 Å². The average molecular weight is 333 g/mol. The van der Waals surface area contributed by atoms with Crippen molar-refractivity contribution < 1.29 is 13.9 Å². The van der Waals surface area contributed by atoms with Crippen molar-refractivity contribution in [1.29, 1.82) is 0 Å². The summed E-state index contributed by atoms with van der Waals surface area (Å²) in [5.41, 5.74) is 5.74. The van der Waals surface area contributed by atoms with Crippen LogP contribution in [-0.4, -0.2) is 12.5 Å². The second-order valence-electron chi connectivity index (χ2n) is 6.00. The zero-order chi connectivity index (χ0) is 17.2. The summed E-state index contributed by atoms with van der Waals surface area (Å²) >= 11 is 0. The molecule has 1 amide bonds. The van der Waals surface area contributed by atoms with E-state index in [4.69, 9.17) is 4.74 Å². The smallest absolute Gasteiger partial charge is 0.262 e. The van der Waals surface area contributed by atoms with Crippen LogP contribution >= 0.6 is 0 Å². The van der Waals surface area contributed by atoms with Crippen molar-refractivity contribution in [2.24, 2.45) is 0 Å². The minimum atomic E-state index is -0.337. The Morgan fingerprint density at radius 2 is 1.72 bits per heavy atom. The Labute approximate surface area is 145 Å². The number of hydrogen-bond donors (Lipinski definition) is 1. The molecule has 0 radical (unpaired) electrons. The van der Waals surface area contributed by atoms with Crippen LogP contribution in [0, 0.1) is 5.82 Å². The molecule has 3 aromatic carbocycles. The molecule has 25 heavy (non-hydrogen) atoms. The van der Waals surface area contributed by atoms with Crippen molar-refractivity contribution in [2.45, 2.75) is 6.42 Å². The molecule has 1 aliphatic carbocycles. The molecule has 1 N–H and O–H groups in total. The number of nitrogens with one attached hydrogen (secondary N) is 1. The van der Waals surface area contributed by atoms with Crippen LogP contribution in [0.2, 0.25) is 0 Å². The first-order valence-electron chi connectivity index (χ1n) is 8.08. The van der Waals surface area contributed by atoms with Gasteiger partial charge >= 0.3 is 0 Å². The minimum Gasteiger partial charge on any atom is -0.484 e. The summed E-state index contributed by atoms with van der Waals surface area (Å²) in [7, 11) is 0. The van der Waals surface area contributed by atoms with Crippen molar-refractivity contribution in [3.63, 3.8) is 0 Å². The molecule has 0 atom stereocenters. The molecule has 1 aliphatic rings. The van der Waals surface area contributed by atoms with Gasteiger partial charge in [0, 0.05) is 5.69 Å². The highest BCUT2D eigenvalue weighted by molar-refractivity contribution is 5.92. The summed E-state index contributed by atoms with van der Waals surface area (Å²) in [5, 5.41) is 2.84. The number of carbonyl (C=O) groups excluding carboxylic acids is 1. The lowest BCUT2D eigenvalue weighted by atomic mass is 10.1. The van der Waals surface area contributed by atoms with E-state index >= 15 is 0 Å². The van der Waals surface area contributed by atoms with Crippen LogP contribution in [0.1, 0.15) is 11.1 Å². The molecule has 0 bridgehead atoms. The monoisotopic (exact) mass is 333 g/mol. The highest BCUT2D eigenvalue weighted by Gasteiger charge is 2.18. The Morgan fingerprint density at radius 3 is 2.56 bits per heavy atom. The predicted molar refractivity (Wildman–Crippen MR) is 95.2 cm³/mol. The SMILES string of the molecule is O=C(COc1ccc(F)cc1)Nc1ccc2c(c1)Cc1ccccc1-2. The Morgan fingerprint density at radius 1 is 0.960 bits per heavy atom. The van der Waals surface area contributed by atoms with E-state index in [1.54, 1.807) is 0 Å². The maximum Gasteiger partial charge on any atom is 0.262 e. The molecule has 124 valence electrons. The quantitative estimate of drug-likeness (QED) is 0.600. The van der Waals surface area contributed by atoms with Gasteiger partial charge in [-0.05, 0) is 65.1 Å². The van der Waals surface area contributed by atoms with Crippen molar-refractivity contribution in [3.8, 4) is 16.9 Å². The molecule has 4 heteroatoms. The molecular weight excluding hydrogens is 317 g/mol. The summed E-state index contributed by atoms with van der Waals surface area (Å²) in [6.45, 7) is -0.122. The maximum absolute atomic E-state index is 12.8. The Bertz CT molecular complexity index is 935. The van der Waals surface area contributed by atoms with Crippen LogP contribution < -0.4 is 10.1 Å². The lowest BCUT2D eigenvalue weighted by Crippen LogP contribution is -2.20. The molecule has 0 saturated heterocycles. The molecule has 0 spiro atoms. The number of anilines is 1. The van der Waals surface area contributed by atoms with Crippen LogP contribution in [0.4, 0.5) is 10.1 Å². The van der Waals surface area contributed by atoms with Gasteiger partial charge in [-0.2, -0.15) is 0 Å². The third kappa shape index (κ3) is 3.24. The highest BCUT2D eigenvalue weighted by atomic mass is 19.1. The number of halogens is 1. The van der Waals surface area contributed by atoms with Crippen molar-refractivity contribution in [3.05, 3.63) is 83.7 Å². The number of amides is 1. The second-order valence-corrected chi connectivity index (χ2v) is 6.00. The largest absolute Gasteiger partial charge is 0.484 e. The molecule has 0 aromatic heterocycles. The van der Waals surface area contributed by atoms with Crippen LogP contribution in [0.15, 0.2) is 66.7 Å². The Hall–Kier alpha value is -3.14. The fraction of sp³-hybridized carbons (Fsp3) is 0.0952. The molecule has 0 unspecified atom stereocenters. The van der Waals surface area contributed by atoms with E-state index in [9.17, 15) is 9.18 Å². The number of carbonyl (C=O) groups is 1. The molecule has 3 nitrogen and oxygen atoms in total. The highest BCUT2D eigenvalue weighted by Crippen LogP contribution is 2.37. The average Bonchev–Trinajstić information content (AvgIpc) is 2.99. The maximum atomic E-state index is 12.8. The first kappa shape index (κ1) is 15.4. The minimum absolute atomic E-state index is 0.122. The number of benzene rings is 3. The van der Waals surface area contributed by atoms with E-state index in [-0.39, 0.29) is 18.3 Å². The van der Waals surface area contributed by atoms with Gasteiger partial charge in [0.25, 0.3) is 5.91 Å². The van der Waals surface area contributed by atoms with Gasteiger partial charge in [0.05, 0.1) is 0 Å². The summed E-state index contributed by atoms with van der Waals surface area (Å²) in [5.74, 6) is -0.128. The first-order chi connectivity index (χ1) is 12.2. The molecule has 0 saturated carbocycles. The number of fused-ring (bicyclic) bond motifs is 3. The molecular formula is C21H16FNO2. The van der Waals surface area contributed by atoms with Crippen molar-refractivity contribution in [1.82, 2.24) is 0 Å². The molecule has 0 heterocycles. The van der Waals surface area contributed by atoms with Crippen LogP contribution in [0.25, 0.3) is 11.1 Å². The van der Waals surface area contributed by atoms with Crippen LogP contribution in [0.3, 0.4) is 0 Å². The molecule has 4 rings (SSSR count).